The van der Waals surface area contributed by atoms with Crippen LogP contribution in [0.2, 0.25) is 0 Å². The number of halogens is 2. The Bertz CT molecular complexity index is 969. The van der Waals surface area contributed by atoms with Crippen LogP contribution in [0.3, 0.4) is 0 Å². The minimum absolute atomic E-state index is 0.0445. The molecule has 1 N–H and O–H groups in total. The van der Waals surface area contributed by atoms with Crippen LogP contribution in [0.5, 0.6) is 0 Å². The Kier molecular flexibility index (Phi) is 5.20. The first-order valence-corrected chi connectivity index (χ1v) is 8.05. The summed E-state index contributed by atoms with van der Waals surface area (Å²) in [7, 11) is 0. The molecule has 0 bridgehead atoms. The number of para-hydroxylation sites is 1. The third-order valence-corrected chi connectivity index (χ3v) is 3.81. The van der Waals surface area contributed by atoms with Gasteiger partial charge in [-0.2, -0.15) is 0 Å². The third-order valence-electron chi connectivity index (χ3n) is 3.81. The molecule has 0 unspecified atom stereocenters. The van der Waals surface area contributed by atoms with Gasteiger partial charge < -0.3 is 10.2 Å². The van der Waals surface area contributed by atoms with E-state index in [2.05, 4.69) is 15.3 Å². The highest BCUT2D eigenvalue weighted by Crippen LogP contribution is 2.37. The zero-order valence-corrected chi connectivity index (χ0v) is 14.3. The van der Waals surface area contributed by atoms with Gasteiger partial charge in [0.25, 0.3) is 0 Å². The van der Waals surface area contributed by atoms with E-state index in [1.54, 1.807) is 29.2 Å². The summed E-state index contributed by atoms with van der Waals surface area (Å²) < 4.78 is 27.3. The van der Waals surface area contributed by atoms with Gasteiger partial charge in [0, 0.05) is 18.3 Å². The van der Waals surface area contributed by atoms with Crippen LogP contribution in [-0.4, -0.2) is 21.4 Å². The highest BCUT2D eigenvalue weighted by molar-refractivity contribution is 5.78. The van der Waals surface area contributed by atoms with E-state index in [1.807, 2.05) is 13.0 Å². The molecule has 3 rings (SSSR count). The first-order chi connectivity index (χ1) is 13.0. The summed E-state index contributed by atoms with van der Waals surface area (Å²) >= 11 is 0. The van der Waals surface area contributed by atoms with E-state index in [0.29, 0.717) is 12.2 Å². The molecule has 0 spiro atoms. The predicted molar refractivity (Wildman–Crippen MR) is 97.4 cm³/mol. The summed E-state index contributed by atoms with van der Waals surface area (Å²) in [5.74, 6) is -1.64. The lowest BCUT2D eigenvalue weighted by molar-refractivity contribution is -0.383. The van der Waals surface area contributed by atoms with Gasteiger partial charge in [0.05, 0.1) is 10.6 Å². The molecule has 7 nitrogen and oxygen atoms in total. The van der Waals surface area contributed by atoms with Crippen molar-refractivity contribution in [2.75, 3.05) is 16.8 Å². The lowest BCUT2D eigenvalue weighted by Crippen LogP contribution is -2.19. The molecule has 0 aliphatic heterocycles. The van der Waals surface area contributed by atoms with Crippen LogP contribution < -0.4 is 10.2 Å². The van der Waals surface area contributed by atoms with Crippen LogP contribution in [-0.2, 0) is 0 Å². The van der Waals surface area contributed by atoms with Gasteiger partial charge in [0.2, 0.25) is 11.6 Å². The number of hydrogen-bond donors (Lipinski definition) is 1. The van der Waals surface area contributed by atoms with Crippen molar-refractivity contribution >= 4 is 28.7 Å². The second-order valence-electron chi connectivity index (χ2n) is 5.48. The van der Waals surface area contributed by atoms with Crippen molar-refractivity contribution in [2.45, 2.75) is 6.92 Å². The van der Waals surface area contributed by atoms with Gasteiger partial charge in [0.1, 0.15) is 18.0 Å². The number of nitrogens with one attached hydrogen (secondary N) is 1. The number of nitro groups is 1. The maximum absolute atomic E-state index is 13.9. The van der Waals surface area contributed by atoms with Crippen LogP contribution in [0, 0.1) is 21.7 Å². The Hall–Kier alpha value is -3.62. The molecule has 9 heteroatoms. The fraction of sp³-hybridized carbons (Fsp3) is 0.111. The van der Waals surface area contributed by atoms with Crippen LogP contribution in [0.15, 0.2) is 54.9 Å². The highest BCUT2D eigenvalue weighted by Gasteiger charge is 2.28. The smallest absolute Gasteiger partial charge is 0.332 e. The van der Waals surface area contributed by atoms with Crippen molar-refractivity contribution < 1.29 is 13.7 Å². The maximum Gasteiger partial charge on any atom is 0.354 e. The molecule has 0 radical (unpaired) electrons. The van der Waals surface area contributed by atoms with Crippen molar-refractivity contribution in [1.82, 2.24) is 9.97 Å². The van der Waals surface area contributed by atoms with Crippen molar-refractivity contribution in [3.63, 3.8) is 0 Å². The molecule has 0 amide bonds. The fourth-order valence-corrected chi connectivity index (χ4v) is 2.61. The van der Waals surface area contributed by atoms with Crippen LogP contribution in [0.1, 0.15) is 6.92 Å². The van der Waals surface area contributed by atoms with E-state index in [0.717, 1.165) is 24.5 Å². The van der Waals surface area contributed by atoms with E-state index in [4.69, 9.17) is 0 Å². The number of benzene rings is 2. The molecule has 1 heterocycles. The molecule has 3 aromatic rings. The molecule has 1 aromatic heterocycles. The third kappa shape index (κ3) is 3.81. The monoisotopic (exact) mass is 371 g/mol. The average molecular weight is 371 g/mol. The number of nitrogens with zero attached hydrogens (tertiary/aromatic N) is 4. The zero-order chi connectivity index (χ0) is 19.4. The number of rotatable bonds is 6. The van der Waals surface area contributed by atoms with Crippen LogP contribution in [0.25, 0.3) is 0 Å². The van der Waals surface area contributed by atoms with Gasteiger partial charge >= 0.3 is 5.69 Å². The molecule has 0 atom stereocenters. The molecule has 0 fully saturated rings. The fourth-order valence-electron chi connectivity index (χ4n) is 2.61. The average Bonchev–Trinajstić information content (AvgIpc) is 2.66. The summed E-state index contributed by atoms with van der Waals surface area (Å²) in [6.07, 6.45) is 1.13. The standard InChI is InChI=1S/C18H15F2N5O2/c1-2-24(13-6-4-3-5-7-13)18-16(25(26)27)17(21-11-22-18)23-15-10-12(19)8-9-14(15)20/h3-11H,2H2,1H3,(H,21,22,23). The normalized spacial score (nSPS) is 10.5. The summed E-state index contributed by atoms with van der Waals surface area (Å²) in [6, 6.07) is 11.8. The Balaban J connectivity index is 2.10. The van der Waals surface area contributed by atoms with Crippen molar-refractivity contribution in [2.24, 2.45) is 0 Å². The molecule has 0 aliphatic rings. The SMILES string of the molecule is CCN(c1ccccc1)c1ncnc(Nc2cc(F)ccc2F)c1[N+](=O)[O-]. The highest BCUT2D eigenvalue weighted by atomic mass is 19.1. The molecule has 138 valence electrons. The molecular formula is C18H15F2N5O2. The Morgan fingerprint density at radius 1 is 1.15 bits per heavy atom. The molecule has 2 aromatic carbocycles. The number of aromatic nitrogens is 2. The zero-order valence-electron chi connectivity index (χ0n) is 14.3. The summed E-state index contributed by atoms with van der Waals surface area (Å²) in [5.41, 5.74) is 0.00191. The molecule has 0 saturated carbocycles. The van der Waals surface area contributed by atoms with Gasteiger partial charge in [-0.25, -0.2) is 18.7 Å². The minimum atomic E-state index is -0.763. The lowest BCUT2D eigenvalue weighted by atomic mass is 10.2. The van der Waals surface area contributed by atoms with Gasteiger partial charge in [-0.15, -0.1) is 0 Å². The quantitative estimate of drug-likeness (QED) is 0.505. The molecule has 0 saturated heterocycles. The van der Waals surface area contributed by atoms with Crippen LogP contribution >= 0.6 is 0 Å². The first-order valence-electron chi connectivity index (χ1n) is 8.05. The minimum Gasteiger partial charge on any atom is -0.332 e. The second kappa shape index (κ2) is 7.73. The van der Waals surface area contributed by atoms with Crippen LogP contribution in [0.4, 0.5) is 37.5 Å². The number of anilines is 4. The Labute approximate surface area is 153 Å². The van der Waals surface area contributed by atoms with E-state index in [1.165, 1.54) is 0 Å². The summed E-state index contributed by atoms with van der Waals surface area (Å²) in [5, 5.41) is 14.2. The number of hydrogen-bond acceptors (Lipinski definition) is 6. The van der Waals surface area contributed by atoms with E-state index in [9.17, 15) is 18.9 Å². The van der Waals surface area contributed by atoms with Crippen molar-refractivity contribution in [3.8, 4) is 0 Å². The van der Waals surface area contributed by atoms with Gasteiger partial charge in [-0.05, 0) is 31.2 Å². The van der Waals surface area contributed by atoms with Gasteiger partial charge in [-0.1, -0.05) is 18.2 Å². The Morgan fingerprint density at radius 3 is 2.56 bits per heavy atom. The predicted octanol–water partition coefficient (Wildman–Crippen LogP) is 4.56. The largest absolute Gasteiger partial charge is 0.354 e. The summed E-state index contributed by atoms with van der Waals surface area (Å²) in [6.45, 7) is 2.22. The maximum atomic E-state index is 13.9. The summed E-state index contributed by atoms with van der Waals surface area (Å²) in [4.78, 5) is 20.6. The molecule has 27 heavy (non-hydrogen) atoms. The van der Waals surface area contributed by atoms with E-state index < -0.39 is 22.2 Å². The van der Waals surface area contributed by atoms with E-state index in [-0.39, 0.29) is 17.3 Å². The van der Waals surface area contributed by atoms with E-state index >= 15 is 0 Å². The molecular weight excluding hydrogens is 356 g/mol. The topological polar surface area (TPSA) is 84.2 Å². The van der Waals surface area contributed by atoms with Gasteiger partial charge in [0.15, 0.2) is 0 Å². The van der Waals surface area contributed by atoms with Crippen molar-refractivity contribution in [1.29, 1.82) is 0 Å². The second-order valence-corrected chi connectivity index (χ2v) is 5.48. The lowest BCUT2D eigenvalue weighted by Gasteiger charge is -2.22. The first kappa shape index (κ1) is 18.2. The molecule has 0 aliphatic carbocycles. The Morgan fingerprint density at radius 2 is 1.89 bits per heavy atom. The van der Waals surface area contributed by atoms with Gasteiger partial charge in [-0.3, -0.25) is 10.1 Å². The van der Waals surface area contributed by atoms with Crippen molar-refractivity contribution in [3.05, 3.63) is 76.6 Å².